The second-order valence-electron chi connectivity index (χ2n) is 10.7. The van der Waals surface area contributed by atoms with Crippen LogP contribution in [-0.2, 0) is 0 Å². The van der Waals surface area contributed by atoms with Crippen LogP contribution in [-0.4, -0.2) is 66.8 Å². The first-order valence-electron chi connectivity index (χ1n) is 14.2. The minimum Gasteiger partial charge on any atom is -0.491 e. The van der Waals surface area contributed by atoms with E-state index in [9.17, 15) is 4.39 Å². The fraction of sp³-hybridized carbons (Fsp3) is 0.467. The Bertz CT molecular complexity index is 1360. The molecule has 3 N–H and O–H groups in total. The molecule has 1 aromatic carbocycles. The first-order chi connectivity index (χ1) is 19.8. The molecule has 2 atom stereocenters. The van der Waals surface area contributed by atoms with Gasteiger partial charge in [0, 0.05) is 72.4 Å². The number of nitrogen functional groups attached to an aromatic ring is 1. The zero-order chi connectivity index (χ0) is 28.9. The largest absolute Gasteiger partial charge is 0.491 e. The predicted octanol–water partition coefficient (Wildman–Crippen LogP) is 5.97. The number of anilines is 2. The molecule has 0 spiro atoms. The van der Waals surface area contributed by atoms with Gasteiger partial charge >= 0.3 is 0 Å². The van der Waals surface area contributed by atoms with E-state index in [1.165, 1.54) is 31.4 Å². The number of pyridine rings is 2. The van der Waals surface area contributed by atoms with Crippen molar-refractivity contribution >= 4 is 34.8 Å². The van der Waals surface area contributed by atoms with Crippen molar-refractivity contribution in [2.24, 2.45) is 0 Å². The van der Waals surface area contributed by atoms with E-state index in [2.05, 4.69) is 27.0 Å². The Hall–Kier alpha value is -2.85. The van der Waals surface area contributed by atoms with Crippen LogP contribution in [0.2, 0.25) is 10.0 Å². The molecule has 11 heteroatoms. The maximum absolute atomic E-state index is 14.2. The minimum atomic E-state index is -0.681. The van der Waals surface area contributed by atoms with Gasteiger partial charge in [0.05, 0.1) is 5.02 Å². The fourth-order valence-corrected chi connectivity index (χ4v) is 6.11. The second-order valence-corrected chi connectivity index (χ2v) is 11.4. The zero-order valence-corrected chi connectivity index (χ0v) is 25.0. The first-order valence-corrected chi connectivity index (χ1v) is 15.0. The molecule has 2 aliphatic heterocycles. The molecule has 5 rings (SSSR count). The van der Waals surface area contributed by atoms with E-state index in [1.807, 2.05) is 12.3 Å². The van der Waals surface area contributed by atoms with Crippen molar-refractivity contribution in [3.63, 3.8) is 0 Å². The van der Waals surface area contributed by atoms with E-state index in [-0.39, 0.29) is 10.8 Å². The highest BCUT2D eigenvalue weighted by molar-refractivity contribution is 6.36. The van der Waals surface area contributed by atoms with Crippen molar-refractivity contribution in [2.45, 2.75) is 45.3 Å². The number of aromatic nitrogens is 2. The van der Waals surface area contributed by atoms with Crippen LogP contribution in [0.1, 0.15) is 44.8 Å². The number of likely N-dealkylation sites (tertiary alicyclic amines) is 1. The van der Waals surface area contributed by atoms with Gasteiger partial charge in [-0.25, -0.2) is 14.4 Å². The maximum Gasteiger partial charge on any atom is 0.166 e. The van der Waals surface area contributed by atoms with E-state index in [4.69, 9.17) is 43.4 Å². The molecular formula is C30H37Cl2FN6O2. The van der Waals surface area contributed by atoms with Crippen LogP contribution in [0.25, 0.3) is 11.1 Å². The third kappa shape index (κ3) is 6.97. The van der Waals surface area contributed by atoms with Crippen molar-refractivity contribution in [1.82, 2.24) is 20.2 Å². The van der Waals surface area contributed by atoms with Crippen LogP contribution in [0.4, 0.5) is 16.0 Å². The Morgan fingerprint density at radius 3 is 2.68 bits per heavy atom. The lowest BCUT2D eigenvalue weighted by atomic mass is 10.1. The van der Waals surface area contributed by atoms with Crippen LogP contribution in [0.15, 0.2) is 36.7 Å². The van der Waals surface area contributed by atoms with Crippen molar-refractivity contribution < 1.29 is 13.9 Å². The molecular weight excluding hydrogens is 566 g/mol. The summed E-state index contributed by atoms with van der Waals surface area (Å²) >= 11 is 12.5. The number of hydrogen-bond acceptors (Lipinski definition) is 8. The number of nitrogens with one attached hydrogen (secondary N) is 1. The molecule has 8 nitrogen and oxygen atoms in total. The third-order valence-corrected chi connectivity index (χ3v) is 8.46. The summed E-state index contributed by atoms with van der Waals surface area (Å²) in [6.07, 6.45) is 6.58. The lowest BCUT2D eigenvalue weighted by molar-refractivity contribution is 0.183. The molecule has 4 heterocycles. The van der Waals surface area contributed by atoms with Crippen LogP contribution in [0.3, 0.4) is 0 Å². The minimum absolute atomic E-state index is 0.0843. The van der Waals surface area contributed by atoms with Crippen molar-refractivity contribution in [1.29, 1.82) is 0 Å². The number of benzene rings is 1. The summed E-state index contributed by atoms with van der Waals surface area (Å²) in [5.41, 5.74) is 8.05. The lowest BCUT2D eigenvalue weighted by Gasteiger charge is -2.35. The quantitative estimate of drug-likeness (QED) is 0.289. The molecule has 0 radical (unpaired) electrons. The molecule has 3 aromatic rings. The van der Waals surface area contributed by atoms with Gasteiger partial charge in [-0.15, -0.1) is 0 Å². The molecule has 2 saturated heterocycles. The molecule has 0 saturated carbocycles. The number of rotatable bonds is 9. The Morgan fingerprint density at radius 1 is 1.10 bits per heavy atom. The molecule has 0 amide bonds. The van der Waals surface area contributed by atoms with E-state index in [1.54, 1.807) is 19.2 Å². The molecule has 2 fully saturated rings. The number of hydrogen-bond donors (Lipinski definition) is 2. The Balaban J connectivity index is 1.43. The summed E-state index contributed by atoms with van der Waals surface area (Å²) in [7, 11) is 0. The number of piperazine rings is 1. The normalized spacial score (nSPS) is 18.8. The van der Waals surface area contributed by atoms with Gasteiger partial charge in [0.15, 0.2) is 11.6 Å². The predicted molar refractivity (Wildman–Crippen MR) is 163 cm³/mol. The molecule has 41 heavy (non-hydrogen) atoms. The van der Waals surface area contributed by atoms with Crippen LogP contribution < -0.4 is 25.4 Å². The summed E-state index contributed by atoms with van der Waals surface area (Å²) in [6, 6.07) is 6.79. The Labute approximate surface area is 250 Å². The molecule has 0 unspecified atom stereocenters. The number of halogens is 3. The van der Waals surface area contributed by atoms with E-state index >= 15 is 0 Å². The molecule has 0 bridgehead atoms. The third-order valence-electron chi connectivity index (χ3n) is 7.74. The Morgan fingerprint density at radius 2 is 1.90 bits per heavy atom. The number of ether oxygens (including phenoxy) is 2. The van der Waals surface area contributed by atoms with Crippen LogP contribution in [0.5, 0.6) is 11.5 Å². The summed E-state index contributed by atoms with van der Waals surface area (Å²) in [5.74, 6) is 1.54. The van der Waals surface area contributed by atoms with Gasteiger partial charge in [-0.1, -0.05) is 29.6 Å². The smallest absolute Gasteiger partial charge is 0.166 e. The summed E-state index contributed by atoms with van der Waals surface area (Å²) in [6.45, 7) is 10.2. The highest BCUT2D eigenvalue weighted by atomic mass is 35.5. The van der Waals surface area contributed by atoms with Crippen LogP contribution >= 0.6 is 23.2 Å². The van der Waals surface area contributed by atoms with Crippen molar-refractivity contribution in [3.8, 4) is 22.6 Å². The molecule has 220 valence electrons. The van der Waals surface area contributed by atoms with Gasteiger partial charge in [-0.05, 0) is 58.0 Å². The van der Waals surface area contributed by atoms with Gasteiger partial charge in [-0.3, -0.25) is 4.90 Å². The molecule has 0 aliphatic carbocycles. The van der Waals surface area contributed by atoms with E-state index < -0.39 is 11.9 Å². The topological polar surface area (TPSA) is 88.8 Å². The first kappa shape index (κ1) is 29.6. The summed E-state index contributed by atoms with van der Waals surface area (Å²) < 4.78 is 26.7. The SMILES string of the molecule is C[C@@H](Oc1cc(-c2cnc(N3CCNC[C@@H]3C)cc2OCCN2CCCCC2)cnc1N)c1c(Cl)ccc(F)c1Cl. The Kier molecular flexibility index (Phi) is 9.70. The number of nitrogens with zero attached hydrogens (tertiary/aromatic N) is 4. The van der Waals surface area contributed by atoms with Gasteiger partial charge < -0.3 is 25.4 Å². The van der Waals surface area contributed by atoms with Gasteiger partial charge in [0.2, 0.25) is 0 Å². The maximum atomic E-state index is 14.2. The molecule has 2 aromatic heterocycles. The fourth-order valence-electron chi connectivity index (χ4n) is 5.43. The monoisotopic (exact) mass is 602 g/mol. The highest BCUT2D eigenvalue weighted by Crippen LogP contribution is 2.39. The van der Waals surface area contributed by atoms with Gasteiger partial charge in [0.25, 0.3) is 0 Å². The lowest BCUT2D eigenvalue weighted by Crippen LogP contribution is -2.50. The second kappa shape index (κ2) is 13.4. The number of piperidine rings is 1. The van der Waals surface area contributed by atoms with Crippen molar-refractivity contribution in [2.75, 3.05) is 56.5 Å². The average molecular weight is 604 g/mol. The highest BCUT2D eigenvalue weighted by Gasteiger charge is 2.23. The number of nitrogens with two attached hydrogens (primary N) is 1. The van der Waals surface area contributed by atoms with E-state index in [0.717, 1.165) is 62.0 Å². The zero-order valence-electron chi connectivity index (χ0n) is 23.5. The summed E-state index contributed by atoms with van der Waals surface area (Å²) in [4.78, 5) is 13.9. The van der Waals surface area contributed by atoms with Crippen molar-refractivity contribution in [3.05, 3.63) is 58.1 Å². The average Bonchev–Trinajstić information content (AvgIpc) is 2.97. The van der Waals surface area contributed by atoms with Crippen LogP contribution in [0, 0.1) is 5.82 Å². The molecule has 2 aliphatic rings. The van der Waals surface area contributed by atoms with Gasteiger partial charge in [-0.2, -0.15) is 0 Å². The van der Waals surface area contributed by atoms with E-state index in [0.29, 0.717) is 29.0 Å². The summed E-state index contributed by atoms with van der Waals surface area (Å²) in [5, 5.41) is 3.65. The standard InChI is InChI=1S/C30H37Cl2FN6O2/c1-19-16-35-8-11-39(19)27-15-25(40-13-12-38-9-4-3-5-10-38)22(18-36-27)21-14-26(30(34)37-17-21)41-20(2)28-23(31)6-7-24(33)29(28)32/h6-7,14-15,17-20,35H,3-5,8-13,16H2,1-2H3,(H2,34,37)/t19-,20+/m0/s1. The van der Waals surface area contributed by atoms with Gasteiger partial charge in [0.1, 0.15) is 30.1 Å².